The van der Waals surface area contributed by atoms with Crippen molar-refractivity contribution < 1.29 is 0 Å². The smallest absolute Gasteiger partial charge is 0.178 e. The Morgan fingerprint density at radius 2 is 2.14 bits per heavy atom. The van der Waals surface area contributed by atoms with E-state index in [1.54, 1.807) is 0 Å². The molecule has 3 rings (SSSR count). The van der Waals surface area contributed by atoms with E-state index >= 15 is 0 Å². The fraction of sp³-hybridized carbons (Fsp3) is 0.500. The van der Waals surface area contributed by atoms with E-state index in [0.717, 1.165) is 28.9 Å². The van der Waals surface area contributed by atoms with Gasteiger partial charge >= 0.3 is 0 Å². The first kappa shape index (κ1) is 14.3. The number of imidazole rings is 1. The van der Waals surface area contributed by atoms with Crippen LogP contribution in [0.5, 0.6) is 0 Å². The molecule has 5 heteroatoms. The average Bonchev–Trinajstić information content (AvgIpc) is 2.83. The number of rotatable bonds is 3. The fourth-order valence-corrected chi connectivity index (χ4v) is 3.43. The molecule has 0 amide bonds. The minimum absolute atomic E-state index is 0.671. The highest BCUT2D eigenvalue weighted by atomic mass is 32.1. The van der Waals surface area contributed by atoms with Crippen LogP contribution >= 0.6 is 12.2 Å². The summed E-state index contributed by atoms with van der Waals surface area (Å²) < 4.78 is 2.93. The van der Waals surface area contributed by atoms with E-state index in [0.29, 0.717) is 11.5 Å². The molecule has 1 aromatic heterocycles. The van der Waals surface area contributed by atoms with E-state index in [-0.39, 0.29) is 0 Å². The molecule has 1 aliphatic heterocycles. The van der Waals surface area contributed by atoms with Crippen LogP contribution in [0.15, 0.2) is 18.2 Å². The van der Waals surface area contributed by atoms with Crippen molar-refractivity contribution in [2.75, 3.05) is 19.6 Å². The van der Waals surface area contributed by atoms with Gasteiger partial charge in [-0.05, 0) is 68.8 Å². The molecule has 0 atom stereocenters. The van der Waals surface area contributed by atoms with Crippen LogP contribution in [-0.2, 0) is 6.54 Å². The van der Waals surface area contributed by atoms with Crippen LogP contribution in [0.4, 0.5) is 0 Å². The molecule has 0 aliphatic carbocycles. The average molecular weight is 300 g/mol. The SMILES string of the molecule is CCN1CCC(Cn2c(=S)[nH]c3ccc(C#N)cc32)CC1. The highest BCUT2D eigenvalue weighted by Gasteiger charge is 2.19. The number of fused-ring (bicyclic) bond motifs is 1. The molecule has 0 spiro atoms. The monoisotopic (exact) mass is 300 g/mol. The first-order chi connectivity index (χ1) is 10.2. The number of H-pyrrole nitrogens is 1. The molecule has 2 aromatic rings. The number of aromatic amines is 1. The quantitative estimate of drug-likeness (QED) is 0.885. The van der Waals surface area contributed by atoms with Crippen LogP contribution < -0.4 is 0 Å². The first-order valence-electron chi connectivity index (χ1n) is 7.56. The minimum Gasteiger partial charge on any atom is -0.331 e. The van der Waals surface area contributed by atoms with E-state index in [9.17, 15) is 0 Å². The predicted molar refractivity (Wildman–Crippen MR) is 86.7 cm³/mol. The Labute approximate surface area is 130 Å². The zero-order valence-electron chi connectivity index (χ0n) is 12.3. The van der Waals surface area contributed by atoms with Crippen molar-refractivity contribution in [3.63, 3.8) is 0 Å². The highest BCUT2D eigenvalue weighted by Crippen LogP contribution is 2.23. The molecular weight excluding hydrogens is 280 g/mol. The molecule has 21 heavy (non-hydrogen) atoms. The summed E-state index contributed by atoms with van der Waals surface area (Å²) in [5.74, 6) is 0.671. The number of benzene rings is 1. The lowest BCUT2D eigenvalue weighted by atomic mass is 9.96. The molecule has 1 saturated heterocycles. The van der Waals surface area contributed by atoms with Gasteiger partial charge in [-0.1, -0.05) is 6.92 Å². The summed E-state index contributed by atoms with van der Waals surface area (Å²) in [6.45, 7) is 6.68. The van der Waals surface area contributed by atoms with Crippen molar-refractivity contribution in [3.05, 3.63) is 28.5 Å². The number of likely N-dealkylation sites (tertiary alicyclic amines) is 1. The Morgan fingerprint density at radius 1 is 1.38 bits per heavy atom. The normalized spacial score (nSPS) is 17.1. The van der Waals surface area contributed by atoms with Crippen LogP contribution in [0, 0.1) is 22.0 Å². The molecule has 0 saturated carbocycles. The second-order valence-electron chi connectivity index (χ2n) is 5.76. The van der Waals surface area contributed by atoms with Gasteiger partial charge in [0.2, 0.25) is 0 Å². The van der Waals surface area contributed by atoms with Crippen molar-refractivity contribution >= 4 is 23.3 Å². The second kappa shape index (κ2) is 6.00. The summed E-state index contributed by atoms with van der Waals surface area (Å²) in [5.41, 5.74) is 2.76. The minimum atomic E-state index is 0.671. The fourth-order valence-electron chi connectivity index (χ4n) is 3.15. The van der Waals surface area contributed by atoms with Gasteiger partial charge in [0.1, 0.15) is 0 Å². The molecule has 4 nitrogen and oxygen atoms in total. The van der Waals surface area contributed by atoms with E-state index < -0.39 is 0 Å². The Morgan fingerprint density at radius 3 is 2.81 bits per heavy atom. The lowest BCUT2D eigenvalue weighted by Crippen LogP contribution is -2.34. The maximum atomic E-state index is 9.07. The van der Waals surface area contributed by atoms with E-state index in [1.165, 1.54) is 25.9 Å². The van der Waals surface area contributed by atoms with Gasteiger partial charge in [0.15, 0.2) is 4.77 Å². The van der Waals surface area contributed by atoms with E-state index in [2.05, 4.69) is 27.4 Å². The summed E-state index contributed by atoms with van der Waals surface area (Å²) in [7, 11) is 0. The van der Waals surface area contributed by atoms with Crippen LogP contribution in [0.1, 0.15) is 25.3 Å². The number of hydrogen-bond donors (Lipinski definition) is 1. The maximum absolute atomic E-state index is 9.07. The Bertz CT molecular complexity index is 729. The van der Waals surface area contributed by atoms with Crippen molar-refractivity contribution in [2.45, 2.75) is 26.3 Å². The molecule has 2 heterocycles. The van der Waals surface area contributed by atoms with Crippen LogP contribution in [0.2, 0.25) is 0 Å². The number of aromatic nitrogens is 2. The standard InChI is InChI=1S/C16H20N4S/c1-2-19-7-5-12(6-8-19)11-20-15-9-13(10-17)3-4-14(15)18-16(20)21/h3-4,9,12H,2,5-8,11H2,1H3,(H,18,21). The van der Waals surface area contributed by atoms with E-state index in [1.807, 2.05) is 18.2 Å². The van der Waals surface area contributed by atoms with Crippen LogP contribution in [0.3, 0.4) is 0 Å². The van der Waals surface area contributed by atoms with Gasteiger partial charge in [-0.3, -0.25) is 0 Å². The lowest BCUT2D eigenvalue weighted by molar-refractivity contribution is 0.181. The molecule has 1 N–H and O–H groups in total. The van der Waals surface area contributed by atoms with Crippen molar-refractivity contribution in [1.82, 2.24) is 14.5 Å². The van der Waals surface area contributed by atoms with Crippen LogP contribution in [0.25, 0.3) is 11.0 Å². The Balaban J connectivity index is 1.85. The molecule has 110 valence electrons. The molecule has 0 unspecified atom stereocenters. The number of piperidine rings is 1. The van der Waals surface area contributed by atoms with Crippen molar-refractivity contribution in [3.8, 4) is 6.07 Å². The molecule has 0 bridgehead atoms. The third-order valence-electron chi connectivity index (χ3n) is 4.50. The van der Waals surface area contributed by atoms with Gasteiger partial charge in [0.05, 0.1) is 22.7 Å². The van der Waals surface area contributed by atoms with Crippen molar-refractivity contribution in [2.24, 2.45) is 5.92 Å². The van der Waals surface area contributed by atoms with Gasteiger partial charge in [-0.2, -0.15) is 5.26 Å². The largest absolute Gasteiger partial charge is 0.331 e. The number of nitrogens with one attached hydrogen (secondary N) is 1. The molecule has 1 aromatic carbocycles. The summed E-state index contributed by atoms with van der Waals surface area (Å²) in [6, 6.07) is 7.91. The number of nitriles is 1. The third kappa shape index (κ3) is 2.87. The maximum Gasteiger partial charge on any atom is 0.178 e. The highest BCUT2D eigenvalue weighted by molar-refractivity contribution is 7.71. The molecular formula is C16H20N4S. The summed E-state index contributed by atoms with van der Waals surface area (Å²) in [6.07, 6.45) is 2.44. The topological polar surface area (TPSA) is 47.8 Å². The zero-order chi connectivity index (χ0) is 14.8. The molecule has 1 aliphatic rings. The van der Waals surface area contributed by atoms with Crippen molar-refractivity contribution in [1.29, 1.82) is 5.26 Å². The van der Waals surface area contributed by atoms with Gasteiger partial charge in [-0.15, -0.1) is 0 Å². The number of hydrogen-bond acceptors (Lipinski definition) is 3. The summed E-state index contributed by atoms with van der Waals surface area (Å²) in [4.78, 5) is 5.74. The van der Waals surface area contributed by atoms with Gasteiger partial charge in [0, 0.05) is 6.54 Å². The van der Waals surface area contributed by atoms with Gasteiger partial charge in [-0.25, -0.2) is 0 Å². The van der Waals surface area contributed by atoms with Gasteiger partial charge < -0.3 is 14.5 Å². The Kier molecular flexibility index (Phi) is 4.09. The predicted octanol–water partition coefficient (Wildman–Crippen LogP) is 3.30. The summed E-state index contributed by atoms with van der Waals surface area (Å²) in [5, 5.41) is 9.07. The summed E-state index contributed by atoms with van der Waals surface area (Å²) >= 11 is 5.46. The number of nitrogens with zero attached hydrogens (tertiary/aromatic N) is 3. The van der Waals surface area contributed by atoms with E-state index in [4.69, 9.17) is 17.5 Å². The van der Waals surface area contributed by atoms with Gasteiger partial charge in [0.25, 0.3) is 0 Å². The van der Waals surface area contributed by atoms with Crippen LogP contribution in [-0.4, -0.2) is 34.1 Å². The second-order valence-corrected chi connectivity index (χ2v) is 6.15. The third-order valence-corrected chi connectivity index (χ3v) is 4.82. The molecule has 0 radical (unpaired) electrons. The lowest BCUT2D eigenvalue weighted by Gasteiger charge is -2.31. The zero-order valence-corrected chi connectivity index (χ0v) is 13.1. The Hall–Kier alpha value is -1.64. The molecule has 1 fully saturated rings. The first-order valence-corrected chi connectivity index (χ1v) is 7.97.